The van der Waals surface area contributed by atoms with Gasteiger partial charge in [0.15, 0.2) is 0 Å². The van der Waals surface area contributed by atoms with Gasteiger partial charge in [-0.15, -0.1) is 0 Å². The van der Waals surface area contributed by atoms with Crippen LogP contribution in [0.1, 0.15) is 24.2 Å². The van der Waals surface area contributed by atoms with Crippen LogP contribution in [0.15, 0.2) is 48.7 Å². The molecule has 2 aromatic rings. The van der Waals surface area contributed by atoms with Crippen LogP contribution in [0.5, 0.6) is 0 Å². The monoisotopic (exact) mass is 339 g/mol. The summed E-state index contributed by atoms with van der Waals surface area (Å²) in [5, 5.41) is 0. The SMILES string of the molecule is CC(=O)N1C[C@H]2CN(Cc3ncccc3F)C[C@H]2[C@H]1c1ccccc1. The molecule has 0 N–H and O–H groups in total. The molecular weight excluding hydrogens is 317 g/mol. The maximum Gasteiger partial charge on any atom is 0.219 e. The Hall–Kier alpha value is -2.27. The molecule has 4 nitrogen and oxygen atoms in total. The van der Waals surface area contributed by atoms with Gasteiger partial charge in [-0.05, 0) is 23.6 Å². The molecule has 0 aliphatic carbocycles. The first kappa shape index (κ1) is 16.2. The molecular formula is C20H22FN3O. The van der Waals surface area contributed by atoms with Crippen LogP contribution >= 0.6 is 0 Å². The van der Waals surface area contributed by atoms with E-state index in [1.807, 2.05) is 23.1 Å². The maximum atomic E-state index is 13.9. The van der Waals surface area contributed by atoms with Crippen LogP contribution in [-0.4, -0.2) is 40.3 Å². The number of amides is 1. The first-order valence-electron chi connectivity index (χ1n) is 8.77. The van der Waals surface area contributed by atoms with Gasteiger partial charge in [0.2, 0.25) is 5.91 Å². The Morgan fingerprint density at radius 1 is 1.16 bits per heavy atom. The van der Waals surface area contributed by atoms with Crippen LogP contribution in [0.2, 0.25) is 0 Å². The van der Waals surface area contributed by atoms with Crippen molar-refractivity contribution >= 4 is 5.91 Å². The van der Waals surface area contributed by atoms with Crippen LogP contribution in [-0.2, 0) is 11.3 Å². The second kappa shape index (κ2) is 6.56. The second-order valence-corrected chi connectivity index (χ2v) is 7.08. The van der Waals surface area contributed by atoms with E-state index in [0.717, 1.165) is 19.6 Å². The third-order valence-corrected chi connectivity index (χ3v) is 5.49. The number of hydrogen-bond acceptors (Lipinski definition) is 3. The summed E-state index contributed by atoms with van der Waals surface area (Å²) < 4.78 is 13.9. The van der Waals surface area contributed by atoms with Crippen molar-refractivity contribution in [3.63, 3.8) is 0 Å². The quantitative estimate of drug-likeness (QED) is 0.863. The normalized spacial score (nSPS) is 26.0. The number of aromatic nitrogens is 1. The van der Waals surface area contributed by atoms with Crippen LogP contribution in [0.25, 0.3) is 0 Å². The summed E-state index contributed by atoms with van der Waals surface area (Å²) in [5.74, 6) is 0.703. The molecule has 0 bridgehead atoms. The molecule has 0 saturated carbocycles. The molecule has 130 valence electrons. The third-order valence-electron chi connectivity index (χ3n) is 5.49. The summed E-state index contributed by atoms with van der Waals surface area (Å²) >= 11 is 0. The molecule has 0 spiro atoms. The molecule has 0 radical (unpaired) electrons. The van der Waals surface area contributed by atoms with E-state index < -0.39 is 0 Å². The molecule has 2 aliphatic heterocycles. The lowest BCUT2D eigenvalue weighted by Crippen LogP contribution is -2.34. The Morgan fingerprint density at radius 3 is 2.68 bits per heavy atom. The summed E-state index contributed by atoms with van der Waals surface area (Å²) in [5.41, 5.74) is 1.69. The molecule has 3 heterocycles. The number of rotatable bonds is 3. The number of benzene rings is 1. The van der Waals surface area contributed by atoms with Crippen molar-refractivity contribution in [2.75, 3.05) is 19.6 Å². The summed E-state index contributed by atoms with van der Waals surface area (Å²) in [7, 11) is 0. The summed E-state index contributed by atoms with van der Waals surface area (Å²) in [6.07, 6.45) is 1.64. The first-order valence-corrected chi connectivity index (χ1v) is 8.77. The number of fused-ring (bicyclic) bond motifs is 1. The van der Waals surface area contributed by atoms with E-state index in [1.165, 1.54) is 11.6 Å². The number of hydrogen-bond donors (Lipinski definition) is 0. The van der Waals surface area contributed by atoms with E-state index in [-0.39, 0.29) is 17.8 Å². The van der Waals surface area contributed by atoms with Gasteiger partial charge >= 0.3 is 0 Å². The van der Waals surface area contributed by atoms with Crippen molar-refractivity contribution in [1.82, 2.24) is 14.8 Å². The molecule has 1 amide bonds. The fraction of sp³-hybridized carbons (Fsp3) is 0.400. The van der Waals surface area contributed by atoms with E-state index in [9.17, 15) is 9.18 Å². The van der Waals surface area contributed by atoms with E-state index in [4.69, 9.17) is 0 Å². The molecule has 3 atom stereocenters. The molecule has 2 fully saturated rings. The molecule has 0 unspecified atom stereocenters. The Kier molecular flexibility index (Phi) is 4.25. The first-order chi connectivity index (χ1) is 12.1. The largest absolute Gasteiger partial charge is 0.335 e. The minimum Gasteiger partial charge on any atom is -0.335 e. The van der Waals surface area contributed by atoms with Crippen LogP contribution in [0.3, 0.4) is 0 Å². The number of pyridine rings is 1. The van der Waals surface area contributed by atoms with Gasteiger partial charge in [0.1, 0.15) is 5.82 Å². The van der Waals surface area contributed by atoms with Crippen molar-refractivity contribution in [2.24, 2.45) is 11.8 Å². The molecule has 5 heteroatoms. The number of halogens is 1. The van der Waals surface area contributed by atoms with E-state index in [0.29, 0.717) is 24.1 Å². The average Bonchev–Trinajstić information content (AvgIpc) is 3.15. The number of nitrogens with zero attached hydrogens (tertiary/aromatic N) is 3. The molecule has 4 rings (SSSR count). The van der Waals surface area contributed by atoms with Crippen LogP contribution < -0.4 is 0 Å². The van der Waals surface area contributed by atoms with Crippen LogP contribution in [0, 0.1) is 17.7 Å². The minimum atomic E-state index is -0.246. The van der Waals surface area contributed by atoms with Gasteiger partial charge in [-0.1, -0.05) is 30.3 Å². The van der Waals surface area contributed by atoms with Gasteiger partial charge in [-0.25, -0.2) is 4.39 Å². The molecule has 2 saturated heterocycles. The highest BCUT2D eigenvalue weighted by atomic mass is 19.1. The predicted octanol–water partition coefficient (Wildman–Crippen LogP) is 2.87. The van der Waals surface area contributed by atoms with Crippen molar-refractivity contribution < 1.29 is 9.18 Å². The zero-order valence-electron chi connectivity index (χ0n) is 14.3. The van der Waals surface area contributed by atoms with Gasteiger partial charge in [0.05, 0.1) is 11.7 Å². The van der Waals surface area contributed by atoms with E-state index in [2.05, 4.69) is 22.0 Å². The zero-order valence-corrected chi connectivity index (χ0v) is 14.3. The molecule has 25 heavy (non-hydrogen) atoms. The Bertz CT molecular complexity index is 767. The fourth-order valence-electron chi connectivity index (χ4n) is 4.41. The highest BCUT2D eigenvalue weighted by Gasteiger charge is 2.48. The fourth-order valence-corrected chi connectivity index (χ4v) is 4.41. The smallest absolute Gasteiger partial charge is 0.219 e. The van der Waals surface area contributed by atoms with E-state index >= 15 is 0 Å². The third kappa shape index (κ3) is 3.04. The number of carbonyl (C=O) groups is 1. The molecule has 1 aromatic heterocycles. The van der Waals surface area contributed by atoms with Gasteiger partial charge in [0, 0.05) is 45.2 Å². The summed E-state index contributed by atoms with van der Waals surface area (Å²) in [4.78, 5) is 20.6. The highest BCUT2D eigenvalue weighted by Crippen LogP contribution is 2.45. The standard InChI is InChI=1S/C20H22FN3O/c1-14(25)24-11-16-10-23(13-19-18(21)8-5-9-22-19)12-17(16)20(24)15-6-3-2-4-7-15/h2-9,16-17,20H,10-13H2,1H3/t16-,17-,20-/m1/s1. The maximum absolute atomic E-state index is 13.9. The Balaban J connectivity index is 1.55. The van der Waals surface area contributed by atoms with Crippen LogP contribution in [0.4, 0.5) is 4.39 Å². The van der Waals surface area contributed by atoms with Gasteiger partial charge in [0.25, 0.3) is 0 Å². The lowest BCUT2D eigenvalue weighted by atomic mass is 9.89. The number of carbonyl (C=O) groups excluding carboxylic acids is 1. The Labute approximate surface area is 147 Å². The van der Waals surface area contributed by atoms with Crippen molar-refractivity contribution in [3.8, 4) is 0 Å². The predicted molar refractivity (Wildman–Crippen MR) is 93.0 cm³/mol. The van der Waals surface area contributed by atoms with E-state index in [1.54, 1.807) is 19.2 Å². The second-order valence-electron chi connectivity index (χ2n) is 7.08. The van der Waals surface area contributed by atoms with Crippen molar-refractivity contribution in [3.05, 3.63) is 65.7 Å². The number of likely N-dealkylation sites (tertiary alicyclic amines) is 2. The lowest BCUT2D eigenvalue weighted by molar-refractivity contribution is -0.130. The summed E-state index contributed by atoms with van der Waals surface area (Å²) in [6, 6.07) is 13.4. The Morgan fingerprint density at radius 2 is 1.96 bits per heavy atom. The zero-order chi connectivity index (χ0) is 17.4. The topological polar surface area (TPSA) is 36.4 Å². The lowest BCUT2D eigenvalue weighted by Gasteiger charge is -2.29. The van der Waals surface area contributed by atoms with Gasteiger partial charge < -0.3 is 4.90 Å². The summed E-state index contributed by atoms with van der Waals surface area (Å²) in [6.45, 7) is 4.71. The van der Waals surface area contributed by atoms with Gasteiger partial charge in [-0.3, -0.25) is 14.7 Å². The van der Waals surface area contributed by atoms with Gasteiger partial charge in [-0.2, -0.15) is 0 Å². The molecule has 2 aliphatic rings. The van der Waals surface area contributed by atoms with Crippen molar-refractivity contribution in [1.29, 1.82) is 0 Å². The highest BCUT2D eigenvalue weighted by molar-refractivity contribution is 5.74. The molecule has 1 aromatic carbocycles. The minimum absolute atomic E-state index is 0.113. The average molecular weight is 339 g/mol. The van der Waals surface area contributed by atoms with Crippen molar-refractivity contribution in [2.45, 2.75) is 19.5 Å².